The van der Waals surface area contributed by atoms with Gasteiger partial charge in [-0.15, -0.1) is 0 Å². The van der Waals surface area contributed by atoms with Crippen LogP contribution in [0.15, 0.2) is 28.7 Å². The lowest BCUT2D eigenvalue weighted by Gasteiger charge is -2.20. The lowest BCUT2D eigenvalue weighted by Crippen LogP contribution is -2.28. The van der Waals surface area contributed by atoms with Crippen molar-refractivity contribution in [2.45, 2.75) is 83.2 Å². The quantitative estimate of drug-likeness (QED) is 0.682. The predicted octanol–water partition coefficient (Wildman–Crippen LogP) is 6.21. The molecule has 1 nitrogen and oxygen atoms in total. The molecule has 1 saturated carbocycles. The monoisotopic (exact) mass is 351 g/mol. The molecule has 1 aromatic carbocycles. The molecule has 0 spiro atoms. The molecule has 1 aromatic rings. The smallest absolute Gasteiger partial charge is 0.0220 e. The van der Waals surface area contributed by atoms with E-state index >= 15 is 0 Å². The Morgan fingerprint density at radius 3 is 1.90 bits per heavy atom. The SMILES string of the molecule is Brc1ccccc1CNC1CCCCCCCCCCC1. The van der Waals surface area contributed by atoms with Crippen molar-refractivity contribution in [3.05, 3.63) is 34.3 Å². The Hall–Kier alpha value is -0.340. The van der Waals surface area contributed by atoms with Crippen molar-refractivity contribution in [2.24, 2.45) is 0 Å². The minimum atomic E-state index is 0.705. The second-order valence-corrected chi connectivity index (χ2v) is 7.28. The summed E-state index contributed by atoms with van der Waals surface area (Å²) in [6, 6.07) is 9.27. The Labute approximate surface area is 139 Å². The van der Waals surface area contributed by atoms with Crippen LogP contribution in [0.3, 0.4) is 0 Å². The van der Waals surface area contributed by atoms with Gasteiger partial charge in [-0.1, -0.05) is 91.9 Å². The molecule has 21 heavy (non-hydrogen) atoms. The van der Waals surface area contributed by atoms with E-state index in [2.05, 4.69) is 45.5 Å². The fourth-order valence-electron chi connectivity index (χ4n) is 3.26. The van der Waals surface area contributed by atoms with Gasteiger partial charge in [0.25, 0.3) is 0 Å². The van der Waals surface area contributed by atoms with Gasteiger partial charge in [-0.25, -0.2) is 0 Å². The van der Waals surface area contributed by atoms with E-state index in [0.29, 0.717) is 6.04 Å². The van der Waals surface area contributed by atoms with Crippen LogP contribution >= 0.6 is 15.9 Å². The van der Waals surface area contributed by atoms with Gasteiger partial charge in [0.15, 0.2) is 0 Å². The number of hydrogen-bond donors (Lipinski definition) is 1. The van der Waals surface area contributed by atoms with Crippen molar-refractivity contribution in [3.8, 4) is 0 Å². The number of rotatable bonds is 3. The van der Waals surface area contributed by atoms with Gasteiger partial charge in [0, 0.05) is 17.1 Å². The van der Waals surface area contributed by atoms with E-state index in [-0.39, 0.29) is 0 Å². The van der Waals surface area contributed by atoms with Gasteiger partial charge in [0.1, 0.15) is 0 Å². The number of hydrogen-bond acceptors (Lipinski definition) is 1. The molecule has 1 N–H and O–H groups in total. The summed E-state index contributed by atoms with van der Waals surface area (Å²) in [6.45, 7) is 0.992. The first-order valence-corrected chi connectivity index (χ1v) is 9.62. The molecule has 0 aromatic heterocycles. The Kier molecular flexibility index (Phi) is 8.43. The number of nitrogens with one attached hydrogen (secondary N) is 1. The van der Waals surface area contributed by atoms with Gasteiger partial charge in [0.05, 0.1) is 0 Å². The molecule has 0 heterocycles. The normalized spacial score (nSPS) is 19.7. The molecule has 0 bridgehead atoms. The van der Waals surface area contributed by atoms with Crippen LogP contribution in [0.5, 0.6) is 0 Å². The van der Waals surface area contributed by atoms with Gasteiger partial charge in [-0.05, 0) is 24.5 Å². The lowest BCUT2D eigenvalue weighted by molar-refractivity contribution is 0.403. The third-order valence-electron chi connectivity index (χ3n) is 4.64. The first-order chi connectivity index (χ1) is 10.4. The highest BCUT2D eigenvalue weighted by atomic mass is 79.9. The maximum Gasteiger partial charge on any atom is 0.0220 e. The van der Waals surface area contributed by atoms with Crippen molar-refractivity contribution in [3.63, 3.8) is 0 Å². The zero-order valence-electron chi connectivity index (χ0n) is 13.2. The highest BCUT2D eigenvalue weighted by Gasteiger charge is 2.09. The second-order valence-electron chi connectivity index (χ2n) is 6.43. The molecular weight excluding hydrogens is 322 g/mol. The summed E-state index contributed by atoms with van der Waals surface area (Å²) in [4.78, 5) is 0. The average molecular weight is 352 g/mol. The van der Waals surface area contributed by atoms with Crippen molar-refractivity contribution < 1.29 is 0 Å². The molecule has 2 rings (SSSR count). The molecule has 0 amide bonds. The van der Waals surface area contributed by atoms with E-state index < -0.39 is 0 Å². The van der Waals surface area contributed by atoms with Crippen LogP contribution in [0, 0.1) is 0 Å². The van der Waals surface area contributed by atoms with Crippen LogP contribution in [0.2, 0.25) is 0 Å². The summed E-state index contributed by atoms with van der Waals surface area (Å²) in [5.41, 5.74) is 1.38. The second kappa shape index (κ2) is 10.4. The van der Waals surface area contributed by atoms with Gasteiger partial charge in [0.2, 0.25) is 0 Å². The molecule has 0 atom stereocenters. The van der Waals surface area contributed by atoms with Crippen LogP contribution in [0.25, 0.3) is 0 Å². The van der Waals surface area contributed by atoms with Crippen molar-refractivity contribution in [2.75, 3.05) is 0 Å². The van der Waals surface area contributed by atoms with Crippen molar-refractivity contribution in [1.82, 2.24) is 5.32 Å². The molecule has 0 radical (unpaired) electrons. The van der Waals surface area contributed by atoms with Crippen LogP contribution in [-0.2, 0) is 6.54 Å². The Morgan fingerprint density at radius 2 is 1.33 bits per heavy atom. The molecule has 0 unspecified atom stereocenters. The molecule has 1 fully saturated rings. The summed E-state index contributed by atoms with van der Waals surface area (Å²) < 4.78 is 1.23. The third kappa shape index (κ3) is 6.97. The Bertz CT molecular complexity index is 379. The van der Waals surface area contributed by atoms with Gasteiger partial charge in [-0.2, -0.15) is 0 Å². The summed E-state index contributed by atoms with van der Waals surface area (Å²) in [5, 5.41) is 3.80. The van der Waals surface area contributed by atoms with E-state index in [1.807, 2.05) is 0 Å². The summed E-state index contributed by atoms with van der Waals surface area (Å²) in [5.74, 6) is 0. The molecule has 1 aliphatic carbocycles. The van der Waals surface area contributed by atoms with E-state index in [0.717, 1.165) is 6.54 Å². The zero-order chi connectivity index (χ0) is 14.8. The minimum absolute atomic E-state index is 0.705. The fraction of sp³-hybridized carbons (Fsp3) is 0.684. The van der Waals surface area contributed by atoms with E-state index in [1.165, 1.54) is 80.7 Å². The first-order valence-electron chi connectivity index (χ1n) is 8.83. The topological polar surface area (TPSA) is 12.0 Å². The molecular formula is C19H30BrN. The minimum Gasteiger partial charge on any atom is -0.310 e. The first kappa shape index (κ1) is 17.0. The average Bonchev–Trinajstić information content (AvgIpc) is 2.48. The van der Waals surface area contributed by atoms with E-state index in [1.54, 1.807) is 0 Å². The lowest BCUT2D eigenvalue weighted by atomic mass is 9.98. The van der Waals surface area contributed by atoms with Crippen LogP contribution < -0.4 is 5.32 Å². The Balaban J connectivity index is 1.79. The largest absolute Gasteiger partial charge is 0.310 e. The fourth-order valence-corrected chi connectivity index (χ4v) is 3.69. The van der Waals surface area contributed by atoms with Gasteiger partial charge in [-0.3, -0.25) is 0 Å². The Morgan fingerprint density at radius 1 is 0.810 bits per heavy atom. The highest BCUT2D eigenvalue weighted by molar-refractivity contribution is 9.10. The van der Waals surface area contributed by atoms with Gasteiger partial charge < -0.3 is 5.32 Å². The molecule has 0 saturated heterocycles. The summed E-state index contributed by atoms with van der Waals surface area (Å²) in [7, 11) is 0. The summed E-state index contributed by atoms with van der Waals surface area (Å²) >= 11 is 3.65. The molecule has 0 aliphatic heterocycles. The number of benzene rings is 1. The van der Waals surface area contributed by atoms with Crippen LogP contribution in [0.1, 0.15) is 76.2 Å². The third-order valence-corrected chi connectivity index (χ3v) is 5.42. The van der Waals surface area contributed by atoms with Crippen molar-refractivity contribution >= 4 is 15.9 Å². The van der Waals surface area contributed by atoms with E-state index in [9.17, 15) is 0 Å². The molecule has 2 heteroatoms. The highest BCUT2D eigenvalue weighted by Crippen LogP contribution is 2.19. The predicted molar refractivity (Wildman–Crippen MR) is 95.6 cm³/mol. The van der Waals surface area contributed by atoms with E-state index in [4.69, 9.17) is 0 Å². The molecule has 118 valence electrons. The number of halogens is 1. The maximum absolute atomic E-state index is 3.80. The summed E-state index contributed by atoms with van der Waals surface area (Å²) in [6.07, 6.45) is 15.6. The van der Waals surface area contributed by atoms with Crippen LogP contribution in [-0.4, -0.2) is 6.04 Å². The van der Waals surface area contributed by atoms with Crippen molar-refractivity contribution in [1.29, 1.82) is 0 Å². The maximum atomic E-state index is 3.80. The van der Waals surface area contributed by atoms with Gasteiger partial charge >= 0.3 is 0 Å². The molecule has 1 aliphatic rings. The zero-order valence-corrected chi connectivity index (χ0v) is 14.8. The van der Waals surface area contributed by atoms with Crippen LogP contribution in [0.4, 0.5) is 0 Å². The standard InChI is InChI=1S/C19H30BrN/c20-19-15-11-10-12-17(19)16-21-18-13-8-6-4-2-1-3-5-7-9-14-18/h10-12,15,18,21H,1-9,13-14,16H2.